The van der Waals surface area contributed by atoms with E-state index >= 15 is 0 Å². The van der Waals surface area contributed by atoms with Gasteiger partial charge in [-0.1, -0.05) is 18.2 Å². The van der Waals surface area contributed by atoms with Gasteiger partial charge in [0.1, 0.15) is 5.69 Å². The van der Waals surface area contributed by atoms with Crippen molar-refractivity contribution in [3.05, 3.63) is 76.1 Å². The van der Waals surface area contributed by atoms with Crippen molar-refractivity contribution < 1.29 is 9.72 Å². The van der Waals surface area contributed by atoms with Crippen LogP contribution >= 0.6 is 0 Å². The second-order valence-electron chi connectivity index (χ2n) is 6.00. The molecular weight excluding hydrogens is 332 g/mol. The van der Waals surface area contributed by atoms with E-state index in [4.69, 9.17) is 0 Å². The number of nitro benzene ring substituents is 1. The topological polar surface area (TPSA) is 90.1 Å². The first kappa shape index (κ1) is 17.3. The van der Waals surface area contributed by atoms with Crippen molar-refractivity contribution in [1.82, 2.24) is 9.78 Å². The minimum Gasteiger partial charge on any atom is -0.375 e. The smallest absolute Gasteiger partial charge is 0.293 e. The van der Waals surface area contributed by atoms with Crippen molar-refractivity contribution in [2.24, 2.45) is 7.05 Å². The Morgan fingerprint density at radius 1 is 1.23 bits per heavy atom. The Morgan fingerprint density at radius 2 is 2.04 bits per heavy atom. The summed E-state index contributed by atoms with van der Waals surface area (Å²) in [5.41, 5.74) is 3.61. The molecular formula is C19H18N4O3. The number of nitrogens with one attached hydrogen (secondary N) is 1. The van der Waals surface area contributed by atoms with Crippen LogP contribution in [0.15, 0.2) is 54.9 Å². The molecule has 0 unspecified atom stereocenters. The molecule has 1 aromatic heterocycles. The molecule has 0 radical (unpaired) electrons. The van der Waals surface area contributed by atoms with Gasteiger partial charge in [-0.15, -0.1) is 0 Å². The standard InChI is InChI=1S/C19H18N4O3/c1-13(24)15-6-7-18(19(9-15)23(25)26)20-10-14-4-3-5-16(8-14)17-11-21-22(2)12-17/h3-9,11-12,20H,10H2,1-2H3. The van der Waals surface area contributed by atoms with Gasteiger partial charge in [0.2, 0.25) is 0 Å². The maximum atomic E-state index is 11.4. The maximum Gasteiger partial charge on any atom is 0.293 e. The van der Waals surface area contributed by atoms with E-state index in [9.17, 15) is 14.9 Å². The van der Waals surface area contributed by atoms with Crippen LogP contribution in [0.25, 0.3) is 11.1 Å². The average molecular weight is 350 g/mol. The number of carbonyl (C=O) groups is 1. The van der Waals surface area contributed by atoms with E-state index in [1.807, 2.05) is 37.5 Å². The normalized spacial score (nSPS) is 10.5. The molecule has 0 aliphatic rings. The fourth-order valence-corrected chi connectivity index (χ4v) is 2.68. The number of hydrogen-bond acceptors (Lipinski definition) is 5. The average Bonchev–Trinajstić information content (AvgIpc) is 3.06. The number of benzene rings is 2. The van der Waals surface area contributed by atoms with Crippen LogP contribution in [0.5, 0.6) is 0 Å². The molecule has 0 aliphatic carbocycles. The number of hydrogen-bond donors (Lipinski definition) is 1. The van der Waals surface area contributed by atoms with Crippen molar-refractivity contribution in [1.29, 1.82) is 0 Å². The Morgan fingerprint density at radius 3 is 2.69 bits per heavy atom. The SMILES string of the molecule is CC(=O)c1ccc(NCc2cccc(-c3cnn(C)c3)c2)c([N+](=O)[O-])c1. The number of aryl methyl sites for hydroxylation is 1. The van der Waals surface area contributed by atoms with Crippen molar-refractivity contribution in [2.45, 2.75) is 13.5 Å². The quantitative estimate of drug-likeness (QED) is 0.415. The molecule has 1 heterocycles. The van der Waals surface area contributed by atoms with Crippen LogP contribution in [0.3, 0.4) is 0 Å². The van der Waals surface area contributed by atoms with E-state index in [0.29, 0.717) is 17.8 Å². The molecule has 2 aromatic carbocycles. The Hall–Kier alpha value is -3.48. The van der Waals surface area contributed by atoms with E-state index in [1.165, 1.54) is 13.0 Å². The third-order valence-corrected chi connectivity index (χ3v) is 4.05. The monoisotopic (exact) mass is 350 g/mol. The van der Waals surface area contributed by atoms with Crippen molar-refractivity contribution in [2.75, 3.05) is 5.32 Å². The Labute approximate surface area is 150 Å². The first-order chi connectivity index (χ1) is 12.4. The fourth-order valence-electron chi connectivity index (χ4n) is 2.68. The van der Waals surface area contributed by atoms with Crippen LogP contribution < -0.4 is 5.32 Å². The minimum absolute atomic E-state index is 0.110. The highest BCUT2D eigenvalue weighted by atomic mass is 16.6. The Balaban J connectivity index is 1.81. The third-order valence-electron chi connectivity index (χ3n) is 4.05. The number of nitrogens with zero attached hydrogens (tertiary/aromatic N) is 3. The van der Waals surface area contributed by atoms with E-state index < -0.39 is 4.92 Å². The molecule has 7 heteroatoms. The van der Waals surface area contributed by atoms with Gasteiger partial charge in [0, 0.05) is 37.0 Å². The molecule has 0 aliphatic heterocycles. The molecule has 0 fully saturated rings. The zero-order valence-electron chi connectivity index (χ0n) is 14.5. The summed E-state index contributed by atoms with van der Waals surface area (Å²) in [4.78, 5) is 22.2. The molecule has 7 nitrogen and oxygen atoms in total. The van der Waals surface area contributed by atoms with Gasteiger partial charge in [-0.3, -0.25) is 19.6 Å². The van der Waals surface area contributed by atoms with Gasteiger partial charge in [-0.2, -0.15) is 5.10 Å². The van der Waals surface area contributed by atoms with Gasteiger partial charge in [-0.25, -0.2) is 0 Å². The predicted octanol–water partition coefficient (Wildman–Crippen LogP) is 3.81. The Kier molecular flexibility index (Phi) is 4.79. The summed E-state index contributed by atoms with van der Waals surface area (Å²) in [6, 6.07) is 12.3. The van der Waals surface area contributed by atoms with Gasteiger partial charge in [0.15, 0.2) is 5.78 Å². The molecule has 0 saturated carbocycles. The zero-order valence-corrected chi connectivity index (χ0v) is 14.5. The van der Waals surface area contributed by atoms with Crippen LogP contribution in [0.4, 0.5) is 11.4 Å². The van der Waals surface area contributed by atoms with E-state index in [1.54, 1.807) is 23.0 Å². The number of carbonyl (C=O) groups excluding carboxylic acids is 1. The van der Waals surface area contributed by atoms with E-state index in [2.05, 4.69) is 10.4 Å². The van der Waals surface area contributed by atoms with E-state index in [0.717, 1.165) is 16.7 Å². The summed E-state index contributed by atoms with van der Waals surface area (Å²) in [5.74, 6) is -0.205. The lowest BCUT2D eigenvalue weighted by atomic mass is 10.1. The zero-order chi connectivity index (χ0) is 18.7. The first-order valence-corrected chi connectivity index (χ1v) is 8.05. The fraction of sp³-hybridized carbons (Fsp3) is 0.158. The summed E-state index contributed by atoms with van der Waals surface area (Å²) in [6.45, 7) is 1.81. The summed E-state index contributed by atoms with van der Waals surface area (Å²) >= 11 is 0. The number of ketones is 1. The first-order valence-electron chi connectivity index (χ1n) is 8.05. The second kappa shape index (κ2) is 7.18. The highest BCUT2D eigenvalue weighted by Gasteiger charge is 2.16. The molecule has 0 atom stereocenters. The molecule has 3 aromatic rings. The largest absolute Gasteiger partial charge is 0.375 e. The number of rotatable bonds is 6. The Bertz CT molecular complexity index is 978. The molecule has 0 amide bonds. The minimum atomic E-state index is -0.485. The van der Waals surface area contributed by atoms with Crippen molar-refractivity contribution in [3.8, 4) is 11.1 Å². The lowest BCUT2D eigenvalue weighted by Gasteiger charge is -2.09. The lowest BCUT2D eigenvalue weighted by molar-refractivity contribution is -0.384. The number of aromatic nitrogens is 2. The molecule has 26 heavy (non-hydrogen) atoms. The molecule has 0 saturated heterocycles. The molecule has 3 rings (SSSR count). The van der Waals surface area contributed by atoms with Crippen LogP contribution in [-0.2, 0) is 13.6 Å². The van der Waals surface area contributed by atoms with Crippen LogP contribution in [0.1, 0.15) is 22.8 Å². The molecule has 132 valence electrons. The number of anilines is 1. The van der Waals surface area contributed by atoms with Crippen molar-refractivity contribution >= 4 is 17.2 Å². The van der Waals surface area contributed by atoms with Crippen LogP contribution in [-0.4, -0.2) is 20.5 Å². The highest BCUT2D eigenvalue weighted by molar-refractivity contribution is 5.95. The summed E-state index contributed by atoms with van der Waals surface area (Å²) in [6.07, 6.45) is 3.72. The third kappa shape index (κ3) is 3.77. The second-order valence-corrected chi connectivity index (χ2v) is 6.00. The van der Waals surface area contributed by atoms with Gasteiger partial charge in [0.25, 0.3) is 5.69 Å². The molecule has 0 bridgehead atoms. The van der Waals surface area contributed by atoms with Gasteiger partial charge in [-0.05, 0) is 36.2 Å². The number of nitro groups is 1. The highest BCUT2D eigenvalue weighted by Crippen LogP contribution is 2.27. The summed E-state index contributed by atoms with van der Waals surface area (Å²) in [5, 5.41) is 18.5. The van der Waals surface area contributed by atoms with Gasteiger partial charge in [0.05, 0.1) is 11.1 Å². The van der Waals surface area contributed by atoms with Gasteiger partial charge >= 0.3 is 0 Å². The molecule has 1 N–H and O–H groups in total. The summed E-state index contributed by atoms with van der Waals surface area (Å²) < 4.78 is 1.74. The predicted molar refractivity (Wildman–Crippen MR) is 99.1 cm³/mol. The van der Waals surface area contributed by atoms with Crippen LogP contribution in [0.2, 0.25) is 0 Å². The summed E-state index contributed by atoms with van der Waals surface area (Å²) in [7, 11) is 1.86. The van der Waals surface area contributed by atoms with E-state index in [-0.39, 0.29) is 11.5 Å². The number of Topliss-reactive ketones (excluding diaryl/α,β-unsaturated/α-hetero) is 1. The van der Waals surface area contributed by atoms with Gasteiger partial charge < -0.3 is 5.32 Å². The van der Waals surface area contributed by atoms with Crippen LogP contribution in [0, 0.1) is 10.1 Å². The lowest BCUT2D eigenvalue weighted by Crippen LogP contribution is -2.04. The molecule has 0 spiro atoms. The van der Waals surface area contributed by atoms with Crippen molar-refractivity contribution in [3.63, 3.8) is 0 Å². The maximum absolute atomic E-state index is 11.4.